The predicted molar refractivity (Wildman–Crippen MR) is 96.1 cm³/mol. The lowest BCUT2D eigenvalue weighted by Gasteiger charge is -2.09. The monoisotopic (exact) mass is 369 g/mol. The van der Waals surface area contributed by atoms with Gasteiger partial charge in [-0.15, -0.1) is 0 Å². The van der Waals surface area contributed by atoms with Crippen LogP contribution in [0.1, 0.15) is 35.9 Å². The Kier molecular flexibility index (Phi) is 7.20. The molecule has 1 aromatic heterocycles. The summed E-state index contributed by atoms with van der Waals surface area (Å²) in [6.45, 7) is 2.24. The average Bonchev–Trinajstić information content (AvgIpc) is 3.22. The summed E-state index contributed by atoms with van der Waals surface area (Å²) in [7, 11) is 1.41. The third kappa shape index (κ3) is 5.47. The number of nitriles is 1. The molecule has 0 aliphatic carbocycles. The van der Waals surface area contributed by atoms with E-state index in [4.69, 9.17) is 18.6 Å². The number of hydrogen-bond donors (Lipinski definition) is 0. The summed E-state index contributed by atoms with van der Waals surface area (Å²) in [6, 6.07) is 9.52. The number of ether oxygens (including phenoxy) is 3. The number of unbranched alkanes of at least 4 members (excludes halogenated alkanes) is 1. The quantitative estimate of drug-likeness (QED) is 0.230. The van der Waals surface area contributed by atoms with Crippen molar-refractivity contribution < 1.29 is 28.2 Å². The molecule has 2 rings (SSSR count). The number of benzene rings is 1. The zero-order chi connectivity index (χ0) is 19.6. The Hall–Kier alpha value is -3.53. The van der Waals surface area contributed by atoms with Gasteiger partial charge in [-0.2, -0.15) is 5.26 Å². The third-order valence-electron chi connectivity index (χ3n) is 3.50. The molecule has 0 saturated carbocycles. The number of hydrogen-bond acceptors (Lipinski definition) is 7. The van der Waals surface area contributed by atoms with Crippen LogP contribution in [-0.2, 0) is 9.53 Å². The highest BCUT2D eigenvalue weighted by Gasteiger charge is 2.16. The Bertz CT molecular complexity index is 861. The van der Waals surface area contributed by atoms with Crippen LogP contribution in [0.15, 0.2) is 46.6 Å². The molecule has 27 heavy (non-hydrogen) atoms. The van der Waals surface area contributed by atoms with Crippen LogP contribution >= 0.6 is 0 Å². The van der Waals surface area contributed by atoms with E-state index in [1.165, 1.54) is 31.6 Å². The van der Waals surface area contributed by atoms with E-state index in [1.807, 2.05) is 13.0 Å². The first-order valence-electron chi connectivity index (χ1n) is 8.31. The molecule has 0 spiro atoms. The summed E-state index contributed by atoms with van der Waals surface area (Å²) >= 11 is 0. The molecule has 0 aliphatic rings. The van der Waals surface area contributed by atoms with Gasteiger partial charge in [-0.05, 0) is 42.3 Å². The van der Waals surface area contributed by atoms with Crippen LogP contribution in [-0.4, -0.2) is 25.7 Å². The Labute approximate surface area is 156 Å². The number of carbonyl (C=O) groups excluding carboxylic acids is 2. The minimum absolute atomic E-state index is 0.0580. The fourth-order valence-corrected chi connectivity index (χ4v) is 2.09. The van der Waals surface area contributed by atoms with Gasteiger partial charge < -0.3 is 18.6 Å². The average molecular weight is 369 g/mol. The first kappa shape index (κ1) is 19.8. The lowest BCUT2D eigenvalue weighted by molar-refractivity contribution is -0.138. The minimum Gasteiger partial charge on any atom is -0.493 e. The van der Waals surface area contributed by atoms with E-state index >= 15 is 0 Å². The molecule has 0 amide bonds. The Balaban J connectivity index is 2.17. The summed E-state index contributed by atoms with van der Waals surface area (Å²) in [5, 5.41) is 9.19. The molecular weight excluding hydrogens is 350 g/mol. The van der Waals surface area contributed by atoms with Gasteiger partial charge in [0.15, 0.2) is 11.5 Å². The molecule has 0 bridgehead atoms. The van der Waals surface area contributed by atoms with Crippen molar-refractivity contribution >= 4 is 18.0 Å². The van der Waals surface area contributed by atoms with Gasteiger partial charge in [0.25, 0.3) is 0 Å². The van der Waals surface area contributed by atoms with Crippen molar-refractivity contribution in [3.05, 3.63) is 53.5 Å². The highest BCUT2D eigenvalue weighted by molar-refractivity contribution is 5.98. The number of nitrogens with zero attached hydrogens (tertiary/aromatic N) is 1. The molecule has 1 heterocycles. The standard InChI is InChI=1S/C20H19NO6/c1-3-4-9-26-19(22)15(13-21)11-14-7-8-16(18(12-14)24-2)27-20(23)17-6-5-10-25-17/h5-8,10-12H,3-4,9H2,1-2H3/b15-11+. The number of rotatable bonds is 8. The van der Waals surface area contributed by atoms with Crippen LogP contribution in [0.2, 0.25) is 0 Å². The SMILES string of the molecule is CCCCOC(=O)/C(C#N)=C/c1ccc(OC(=O)c2ccco2)c(OC)c1. The van der Waals surface area contributed by atoms with Crippen molar-refractivity contribution in [2.75, 3.05) is 13.7 Å². The van der Waals surface area contributed by atoms with E-state index in [0.717, 1.165) is 12.8 Å². The van der Waals surface area contributed by atoms with Crippen LogP contribution in [0, 0.1) is 11.3 Å². The molecule has 0 fully saturated rings. The second kappa shape index (κ2) is 9.82. The van der Waals surface area contributed by atoms with E-state index in [9.17, 15) is 14.9 Å². The molecule has 0 radical (unpaired) electrons. The van der Waals surface area contributed by atoms with Gasteiger partial charge in [0, 0.05) is 0 Å². The summed E-state index contributed by atoms with van der Waals surface area (Å²) in [5.41, 5.74) is 0.391. The van der Waals surface area contributed by atoms with Crippen molar-refractivity contribution in [1.82, 2.24) is 0 Å². The first-order chi connectivity index (χ1) is 13.1. The first-order valence-corrected chi connectivity index (χ1v) is 8.31. The summed E-state index contributed by atoms with van der Waals surface area (Å²) < 4.78 is 20.5. The molecule has 0 atom stereocenters. The van der Waals surface area contributed by atoms with Crippen LogP contribution in [0.5, 0.6) is 11.5 Å². The van der Waals surface area contributed by atoms with Gasteiger partial charge in [0.05, 0.1) is 20.0 Å². The number of carbonyl (C=O) groups is 2. The molecule has 7 nitrogen and oxygen atoms in total. The molecule has 140 valence electrons. The molecule has 0 unspecified atom stereocenters. The number of methoxy groups -OCH3 is 1. The van der Waals surface area contributed by atoms with Crippen molar-refractivity contribution in [1.29, 1.82) is 5.26 Å². The summed E-state index contributed by atoms with van der Waals surface area (Å²) in [4.78, 5) is 23.9. The van der Waals surface area contributed by atoms with E-state index < -0.39 is 11.9 Å². The van der Waals surface area contributed by atoms with Crippen molar-refractivity contribution in [2.24, 2.45) is 0 Å². The van der Waals surface area contributed by atoms with Gasteiger partial charge in [-0.3, -0.25) is 0 Å². The fourth-order valence-electron chi connectivity index (χ4n) is 2.09. The lowest BCUT2D eigenvalue weighted by atomic mass is 10.1. The van der Waals surface area contributed by atoms with Crippen molar-refractivity contribution in [2.45, 2.75) is 19.8 Å². The molecule has 0 aliphatic heterocycles. The van der Waals surface area contributed by atoms with E-state index in [-0.39, 0.29) is 29.4 Å². The zero-order valence-electron chi connectivity index (χ0n) is 15.1. The molecule has 7 heteroatoms. The molecule has 2 aromatic rings. The second-order valence-corrected chi connectivity index (χ2v) is 5.44. The topological polar surface area (TPSA) is 98.8 Å². The van der Waals surface area contributed by atoms with Gasteiger partial charge in [-0.25, -0.2) is 9.59 Å². The molecular formula is C20H19NO6. The highest BCUT2D eigenvalue weighted by Crippen LogP contribution is 2.29. The molecule has 0 N–H and O–H groups in total. The van der Waals surface area contributed by atoms with Crippen molar-refractivity contribution in [3.8, 4) is 17.6 Å². The van der Waals surface area contributed by atoms with Crippen LogP contribution in [0.3, 0.4) is 0 Å². The van der Waals surface area contributed by atoms with E-state index in [1.54, 1.807) is 18.2 Å². The lowest BCUT2D eigenvalue weighted by Crippen LogP contribution is -2.08. The van der Waals surface area contributed by atoms with Crippen molar-refractivity contribution in [3.63, 3.8) is 0 Å². The van der Waals surface area contributed by atoms with Crippen LogP contribution in [0.4, 0.5) is 0 Å². The largest absolute Gasteiger partial charge is 0.493 e. The Morgan fingerprint density at radius 2 is 2.07 bits per heavy atom. The van der Waals surface area contributed by atoms with Gasteiger partial charge in [-0.1, -0.05) is 19.4 Å². The maximum Gasteiger partial charge on any atom is 0.379 e. The molecule has 1 aromatic carbocycles. The Morgan fingerprint density at radius 1 is 1.26 bits per heavy atom. The molecule has 0 saturated heterocycles. The third-order valence-corrected chi connectivity index (χ3v) is 3.50. The maximum atomic E-state index is 12.0. The van der Waals surface area contributed by atoms with Gasteiger partial charge >= 0.3 is 11.9 Å². The predicted octanol–water partition coefficient (Wildman–Crippen LogP) is 3.76. The fraction of sp³-hybridized carbons (Fsp3) is 0.250. The smallest absolute Gasteiger partial charge is 0.379 e. The Morgan fingerprint density at radius 3 is 2.70 bits per heavy atom. The normalized spacial score (nSPS) is 10.8. The highest BCUT2D eigenvalue weighted by atomic mass is 16.6. The van der Waals surface area contributed by atoms with Gasteiger partial charge in [0.2, 0.25) is 5.76 Å². The van der Waals surface area contributed by atoms with Crippen LogP contribution in [0.25, 0.3) is 6.08 Å². The van der Waals surface area contributed by atoms with Gasteiger partial charge in [0.1, 0.15) is 11.6 Å². The minimum atomic E-state index is -0.682. The summed E-state index contributed by atoms with van der Waals surface area (Å²) in [5.74, 6) is -0.847. The zero-order valence-corrected chi connectivity index (χ0v) is 15.1. The van der Waals surface area contributed by atoms with E-state index in [2.05, 4.69) is 0 Å². The summed E-state index contributed by atoms with van der Waals surface area (Å²) in [6.07, 6.45) is 4.36. The van der Waals surface area contributed by atoms with Crippen LogP contribution < -0.4 is 9.47 Å². The number of esters is 2. The second-order valence-electron chi connectivity index (χ2n) is 5.44. The maximum absolute atomic E-state index is 12.0. The van der Waals surface area contributed by atoms with E-state index in [0.29, 0.717) is 5.56 Å². The number of furan rings is 1.